The highest BCUT2D eigenvalue weighted by Gasteiger charge is 2.41. The van der Waals surface area contributed by atoms with Crippen molar-refractivity contribution in [2.45, 2.75) is 57.2 Å². The molecule has 0 saturated heterocycles. The van der Waals surface area contributed by atoms with Gasteiger partial charge in [0.2, 0.25) is 0 Å². The fourth-order valence-electron chi connectivity index (χ4n) is 2.39. The van der Waals surface area contributed by atoms with Crippen molar-refractivity contribution in [3.8, 4) is 0 Å². The van der Waals surface area contributed by atoms with Crippen LogP contribution in [0.1, 0.15) is 51.9 Å². The van der Waals surface area contributed by atoms with Crippen LogP contribution in [0.15, 0.2) is 0 Å². The van der Waals surface area contributed by atoms with E-state index in [0.717, 1.165) is 38.5 Å². The van der Waals surface area contributed by atoms with E-state index in [-0.39, 0.29) is 5.31 Å². The lowest BCUT2D eigenvalue weighted by atomic mass is 9.50. The molecule has 0 heterocycles. The van der Waals surface area contributed by atoms with E-state index in [2.05, 4.69) is 6.92 Å². The number of hydrogen-bond donors (Lipinski definition) is 2. The molecule has 2 nitrogen and oxygen atoms in total. The van der Waals surface area contributed by atoms with Gasteiger partial charge in [0.1, 0.15) is 0 Å². The average Bonchev–Trinajstić information content (AvgIpc) is 2.06. The maximum atomic E-state index is 9.31. The summed E-state index contributed by atoms with van der Waals surface area (Å²) in [4.78, 5) is 0. The molecule has 0 aromatic rings. The second kappa shape index (κ2) is 4.29. The van der Waals surface area contributed by atoms with Gasteiger partial charge in [-0.1, -0.05) is 32.6 Å². The molecule has 1 fully saturated rings. The van der Waals surface area contributed by atoms with Gasteiger partial charge in [0.25, 0.3) is 0 Å². The second-order valence-corrected chi connectivity index (χ2v) is 4.05. The molecular formula is C9H19BO2. The molecule has 12 heavy (non-hydrogen) atoms. The van der Waals surface area contributed by atoms with Crippen LogP contribution in [-0.2, 0) is 0 Å². The summed E-state index contributed by atoms with van der Waals surface area (Å²) < 4.78 is 0. The molecule has 1 rings (SSSR count). The van der Waals surface area contributed by atoms with Gasteiger partial charge in [-0.15, -0.1) is 0 Å². The van der Waals surface area contributed by atoms with E-state index in [4.69, 9.17) is 0 Å². The summed E-state index contributed by atoms with van der Waals surface area (Å²) in [5.41, 5.74) is 0. The molecule has 0 aromatic heterocycles. The third-order valence-electron chi connectivity index (χ3n) is 3.14. The van der Waals surface area contributed by atoms with Crippen LogP contribution >= 0.6 is 0 Å². The van der Waals surface area contributed by atoms with Crippen LogP contribution in [0.3, 0.4) is 0 Å². The lowest BCUT2D eigenvalue weighted by molar-refractivity contribution is 0.260. The first-order valence-corrected chi connectivity index (χ1v) is 5.07. The van der Waals surface area contributed by atoms with Gasteiger partial charge < -0.3 is 10.0 Å². The molecule has 70 valence electrons. The van der Waals surface area contributed by atoms with Crippen molar-refractivity contribution in [2.75, 3.05) is 0 Å². The molecule has 0 aliphatic heterocycles. The maximum absolute atomic E-state index is 9.31. The molecule has 1 aliphatic carbocycles. The van der Waals surface area contributed by atoms with E-state index in [0.29, 0.717) is 0 Å². The van der Waals surface area contributed by atoms with Crippen molar-refractivity contribution in [3.63, 3.8) is 0 Å². The summed E-state index contributed by atoms with van der Waals surface area (Å²) in [5.74, 6) is 0. The molecule has 1 aliphatic rings. The van der Waals surface area contributed by atoms with Crippen LogP contribution in [0.25, 0.3) is 0 Å². The summed E-state index contributed by atoms with van der Waals surface area (Å²) in [6, 6.07) is 0. The predicted molar refractivity (Wildman–Crippen MR) is 50.9 cm³/mol. The van der Waals surface area contributed by atoms with E-state index in [1.165, 1.54) is 6.42 Å². The van der Waals surface area contributed by atoms with Gasteiger partial charge in [0.05, 0.1) is 0 Å². The van der Waals surface area contributed by atoms with Crippen molar-refractivity contribution < 1.29 is 10.0 Å². The molecule has 0 unspecified atom stereocenters. The second-order valence-electron chi connectivity index (χ2n) is 4.05. The van der Waals surface area contributed by atoms with Gasteiger partial charge in [-0.2, -0.15) is 0 Å². The fraction of sp³-hybridized carbons (Fsp3) is 1.00. The first-order chi connectivity index (χ1) is 5.71. The van der Waals surface area contributed by atoms with Crippen molar-refractivity contribution in [2.24, 2.45) is 0 Å². The maximum Gasteiger partial charge on any atom is 0.458 e. The van der Waals surface area contributed by atoms with Crippen molar-refractivity contribution in [3.05, 3.63) is 0 Å². The highest BCUT2D eigenvalue weighted by Crippen LogP contribution is 2.47. The third-order valence-corrected chi connectivity index (χ3v) is 3.14. The van der Waals surface area contributed by atoms with Gasteiger partial charge in [-0.25, -0.2) is 0 Å². The van der Waals surface area contributed by atoms with Crippen molar-refractivity contribution in [1.82, 2.24) is 0 Å². The summed E-state index contributed by atoms with van der Waals surface area (Å²) in [6.07, 6.45) is 7.60. The van der Waals surface area contributed by atoms with Gasteiger partial charge in [0, 0.05) is 5.31 Å². The molecular weight excluding hydrogens is 151 g/mol. The van der Waals surface area contributed by atoms with Crippen LogP contribution in [0, 0.1) is 0 Å². The van der Waals surface area contributed by atoms with Gasteiger partial charge in [-0.05, 0) is 19.3 Å². The summed E-state index contributed by atoms with van der Waals surface area (Å²) >= 11 is 0. The topological polar surface area (TPSA) is 40.5 Å². The number of hydrogen-bond acceptors (Lipinski definition) is 2. The predicted octanol–water partition coefficient (Wildman–Crippen LogP) is 1.96. The Bertz CT molecular complexity index is 125. The van der Waals surface area contributed by atoms with Crippen LogP contribution < -0.4 is 0 Å². The van der Waals surface area contributed by atoms with Gasteiger partial charge in [0.15, 0.2) is 0 Å². The third kappa shape index (κ3) is 2.02. The molecule has 0 amide bonds. The zero-order chi connectivity index (χ0) is 9.03. The van der Waals surface area contributed by atoms with Crippen molar-refractivity contribution >= 4 is 7.12 Å². The Balaban J connectivity index is 2.56. The smallest absolute Gasteiger partial charge is 0.427 e. The Morgan fingerprint density at radius 2 is 1.75 bits per heavy atom. The molecule has 1 saturated carbocycles. The molecule has 0 bridgehead atoms. The van der Waals surface area contributed by atoms with E-state index in [9.17, 15) is 10.0 Å². The van der Waals surface area contributed by atoms with Crippen molar-refractivity contribution in [1.29, 1.82) is 0 Å². The van der Waals surface area contributed by atoms with E-state index in [1.807, 2.05) is 0 Å². The summed E-state index contributed by atoms with van der Waals surface area (Å²) in [5, 5.41) is 18.5. The summed E-state index contributed by atoms with van der Waals surface area (Å²) in [7, 11) is -1.10. The largest absolute Gasteiger partial charge is 0.458 e. The standard InChI is InChI=1S/C9H19BO2/c1-2-6-9(10(11)12)7-4-3-5-8-9/h11-12H,2-8H2,1H3. The molecule has 0 spiro atoms. The minimum atomic E-state index is -1.10. The van der Waals surface area contributed by atoms with Crippen LogP contribution in [0.5, 0.6) is 0 Å². The Labute approximate surface area is 75.1 Å². The van der Waals surface area contributed by atoms with Crippen LogP contribution in [-0.4, -0.2) is 17.2 Å². The first-order valence-electron chi connectivity index (χ1n) is 5.07. The lowest BCUT2D eigenvalue weighted by Crippen LogP contribution is -2.34. The Morgan fingerprint density at radius 3 is 2.17 bits per heavy atom. The Morgan fingerprint density at radius 1 is 1.17 bits per heavy atom. The molecule has 0 radical (unpaired) electrons. The monoisotopic (exact) mass is 170 g/mol. The van der Waals surface area contributed by atoms with Gasteiger partial charge in [-0.3, -0.25) is 0 Å². The van der Waals surface area contributed by atoms with Gasteiger partial charge >= 0.3 is 7.12 Å². The molecule has 0 atom stereocenters. The van der Waals surface area contributed by atoms with E-state index >= 15 is 0 Å². The minimum Gasteiger partial charge on any atom is -0.427 e. The average molecular weight is 170 g/mol. The normalized spacial score (nSPS) is 22.2. The first kappa shape index (κ1) is 10.1. The van der Waals surface area contributed by atoms with Crippen LogP contribution in [0.2, 0.25) is 5.31 Å². The molecule has 3 heteroatoms. The molecule has 2 N–H and O–H groups in total. The lowest BCUT2D eigenvalue weighted by Gasteiger charge is -2.36. The number of rotatable bonds is 3. The fourth-order valence-corrected chi connectivity index (χ4v) is 2.39. The zero-order valence-corrected chi connectivity index (χ0v) is 7.92. The van der Waals surface area contributed by atoms with E-state index in [1.54, 1.807) is 0 Å². The van der Waals surface area contributed by atoms with Crippen LogP contribution in [0.4, 0.5) is 0 Å². The minimum absolute atomic E-state index is 0.160. The Hall–Kier alpha value is -0.0151. The summed E-state index contributed by atoms with van der Waals surface area (Å²) in [6.45, 7) is 2.11. The van der Waals surface area contributed by atoms with E-state index < -0.39 is 7.12 Å². The quantitative estimate of drug-likeness (QED) is 0.635. The highest BCUT2D eigenvalue weighted by atomic mass is 16.4. The molecule has 0 aromatic carbocycles. The zero-order valence-electron chi connectivity index (χ0n) is 7.92. The Kier molecular flexibility index (Phi) is 3.60. The highest BCUT2D eigenvalue weighted by molar-refractivity contribution is 6.45. The SMILES string of the molecule is CCCC1(B(O)O)CCCCC1.